The van der Waals surface area contributed by atoms with E-state index in [2.05, 4.69) is 4.98 Å². The van der Waals surface area contributed by atoms with Crippen molar-refractivity contribution in [2.75, 3.05) is 7.11 Å². The Morgan fingerprint density at radius 2 is 2.36 bits per heavy atom. The topological polar surface area (TPSA) is 48.1 Å². The molecule has 3 nitrogen and oxygen atoms in total. The van der Waals surface area contributed by atoms with Gasteiger partial charge in [0.2, 0.25) is 5.88 Å². The average Bonchev–Trinajstić information content (AvgIpc) is 2.04. The minimum atomic E-state index is -0.0290. The van der Waals surface area contributed by atoms with Crippen LogP contribution >= 0.6 is 0 Å². The lowest BCUT2D eigenvalue weighted by atomic mass is 10.1. The van der Waals surface area contributed by atoms with Crippen molar-refractivity contribution < 1.29 is 4.74 Å². The van der Waals surface area contributed by atoms with Crippen LogP contribution in [0.5, 0.6) is 5.88 Å². The van der Waals surface area contributed by atoms with E-state index in [1.165, 1.54) is 0 Å². The second kappa shape index (κ2) is 3.34. The molecule has 2 N–H and O–H groups in total. The van der Waals surface area contributed by atoms with Crippen LogP contribution in [0, 0.1) is 0 Å². The number of hydrogen-bond acceptors (Lipinski definition) is 3. The zero-order chi connectivity index (χ0) is 8.27. The monoisotopic (exact) mass is 152 g/mol. The Hall–Kier alpha value is -1.09. The maximum Gasteiger partial charge on any atom is 0.217 e. The van der Waals surface area contributed by atoms with E-state index < -0.39 is 0 Å². The van der Waals surface area contributed by atoms with Crippen LogP contribution < -0.4 is 10.5 Å². The molecule has 0 aliphatic heterocycles. The fourth-order valence-corrected chi connectivity index (χ4v) is 0.920. The van der Waals surface area contributed by atoms with E-state index in [1.807, 2.05) is 19.1 Å². The summed E-state index contributed by atoms with van der Waals surface area (Å²) in [7, 11) is 1.59. The molecule has 1 heterocycles. The zero-order valence-corrected chi connectivity index (χ0v) is 6.74. The van der Waals surface area contributed by atoms with Gasteiger partial charge in [-0.3, -0.25) is 0 Å². The van der Waals surface area contributed by atoms with E-state index in [-0.39, 0.29) is 6.04 Å². The highest BCUT2D eigenvalue weighted by Gasteiger charge is 2.05. The molecule has 0 bridgehead atoms. The number of aromatic nitrogens is 1. The SMILES string of the molecule is COc1ncccc1C(C)N. The van der Waals surface area contributed by atoms with Crippen LogP contribution in [-0.4, -0.2) is 12.1 Å². The summed E-state index contributed by atoms with van der Waals surface area (Å²) in [6.07, 6.45) is 1.69. The van der Waals surface area contributed by atoms with Crippen LogP contribution in [0.15, 0.2) is 18.3 Å². The van der Waals surface area contributed by atoms with Crippen molar-refractivity contribution in [3.05, 3.63) is 23.9 Å². The molecule has 1 rings (SSSR count). The molecular weight excluding hydrogens is 140 g/mol. The molecule has 0 aliphatic rings. The van der Waals surface area contributed by atoms with Gasteiger partial charge in [-0.1, -0.05) is 6.07 Å². The normalized spacial score (nSPS) is 12.6. The molecule has 0 spiro atoms. The van der Waals surface area contributed by atoms with Crippen LogP contribution in [0.4, 0.5) is 0 Å². The van der Waals surface area contributed by atoms with Crippen molar-refractivity contribution in [2.24, 2.45) is 5.73 Å². The first kappa shape index (κ1) is 8.01. The predicted octanol–water partition coefficient (Wildman–Crippen LogP) is 1.11. The van der Waals surface area contributed by atoms with E-state index in [9.17, 15) is 0 Å². The molecular formula is C8H12N2O. The van der Waals surface area contributed by atoms with Crippen LogP contribution in [0.25, 0.3) is 0 Å². The Balaban J connectivity index is 3.02. The van der Waals surface area contributed by atoms with Crippen molar-refractivity contribution in [1.82, 2.24) is 4.98 Å². The lowest BCUT2D eigenvalue weighted by Gasteiger charge is -2.08. The average molecular weight is 152 g/mol. The third-order valence-corrected chi connectivity index (χ3v) is 1.48. The Morgan fingerprint density at radius 3 is 2.82 bits per heavy atom. The molecule has 0 fully saturated rings. The van der Waals surface area contributed by atoms with Gasteiger partial charge < -0.3 is 10.5 Å². The Kier molecular flexibility index (Phi) is 2.44. The second-order valence-electron chi connectivity index (χ2n) is 2.39. The maximum atomic E-state index is 5.67. The van der Waals surface area contributed by atoms with E-state index in [4.69, 9.17) is 10.5 Å². The van der Waals surface area contributed by atoms with E-state index >= 15 is 0 Å². The molecule has 0 radical (unpaired) electrons. The van der Waals surface area contributed by atoms with Gasteiger partial charge >= 0.3 is 0 Å². The standard InChI is InChI=1S/C8H12N2O/c1-6(9)7-4-3-5-10-8(7)11-2/h3-6H,9H2,1-2H3. The van der Waals surface area contributed by atoms with Gasteiger partial charge in [0.15, 0.2) is 0 Å². The van der Waals surface area contributed by atoms with Crippen LogP contribution in [0.1, 0.15) is 18.5 Å². The molecule has 1 atom stereocenters. The van der Waals surface area contributed by atoms with Crippen LogP contribution in [0.2, 0.25) is 0 Å². The fourth-order valence-electron chi connectivity index (χ4n) is 0.920. The summed E-state index contributed by atoms with van der Waals surface area (Å²) in [5, 5.41) is 0. The van der Waals surface area contributed by atoms with Crippen molar-refractivity contribution >= 4 is 0 Å². The van der Waals surface area contributed by atoms with Crippen molar-refractivity contribution in [2.45, 2.75) is 13.0 Å². The molecule has 1 aromatic heterocycles. The highest BCUT2D eigenvalue weighted by molar-refractivity contribution is 5.27. The van der Waals surface area contributed by atoms with Gasteiger partial charge in [0, 0.05) is 17.8 Å². The Morgan fingerprint density at radius 1 is 1.64 bits per heavy atom. The number of methoxy groups -OCH3 is 1. The zero-order valence-electron chi connectivity index (χ0n) is 6.74. The first-order chi connectivity index (χ1) is 5.25. The van der Waals surface area contributed by atoms with E-state index in [0.717, 1.165) is 5.56 Å². The molecule has 0 amide bonds. The summed E-state index contributed by atoms with van der Waals surface area (Å²) in [5.74, 6) is 0.613. The largest absolute Gasteiger partial charge is 0.481 e. The smallest absolute Gasteiger partial charge is 0.217 e. The van der Waals surface area contributed by atoms with Gasteiger partial charge in [0.05, 0.1) is 7.11 Å². The van der Waals surface area contributed by atoms with Crippen LogP contribution in [0.3, 0.4) is 0 Å². The first-order valence-corrected chi connectivity index (χ1v) is 3.50. The second-order valence-corrected chi connectivity index (χ2v) is 2.39. The molecule has 0 aliphatic carbocycles. The highest BCUT2D eigenvalue weighted by Crippen LogP contribution is 2.19. The highest BCUT2D eigenvalue weighted by atomic mass is 16.5. The minimum Gasteiger partial charge on any atom is -0.481 e. The van der Waals surface area contributed by atoms with Crippen molar-refractivity contribution in [3.63, 3.8) is 0 Å². The number of rotatable bonds is 2. The molecule has 60 valence electrons. The summed E-state index contributed by atoms with van der Waals surface area (Å²) in [6, 6.07) is 3.73. The van der Waals surface area contributed by atoms with Crippen molar-refractivity contribution in [3.8, 4) is 5.88 Å². The number of ether oxygens (including phenoxy) is 1. The van der Waals surface area contributed by atoms with Gasteiger partial charge in [0.25, 0.3) is 0 Å². The summed E-state index contributed by atoms with van der Waals surface area (Å²) < 4.78 is 5.02. The van der Waals surface area contributed by atoms with Crippen molar-refractivity contribution in [1.29, 1.82) is 0 Å². The van der Waals surface area contributed by atoms with E-state index in [1.54, 1.807) is 13.3 Å². The molecule has 0 aromatic carbocycles. The van der Waals surface area contributed by atoms with Gasteiger partial charge in [-0.2, -0.15) is 0 Å². The Bertz CT molecular complexity index is 235. The Labute approximate surface area is 66.2 Å². The van der Waals surface area contributed by atoms with Gasteiger partial charge in [-0.15, -0.1) is 0 Å². The predicted molar refractivity (Wildman–Crippen MR) is 43.4 cm³/mol. The number of hydrogen-bond donors (Lipinski definition) is 1. The minimum absolute atomic E-state index is 0.0290. The van der Waals surface area contributed by atoms with Gasteiger partial charge in [0.1, 0.15) is 0 Å². The summed E-state index contributed by atoms with van der Waals surface area (Å²) in [4.78, 5) is 4.02. The van der Waals surface area contributed by atoms with Gasteiger partial charge in [-0.05, 0) is 13.0 Å². The lowest BCUT2D eigenvalue weighted by Crippen LogP contribution is -2.07. The quantitative estimate of drug-likeness (QED) is 0.690. The molecule has 0 saturated heterocycles. The number of pyridine rings is 1. The number of nitrogens with two attached hydrogens (primary N) is 1. The fraction of sp³-hybridized carbons (Fsp3) is 0.375. The molecule has 3 heteroatoms. The molecule has 1 unspecified atom stereocenters. The number of nitrogens with zero attached hydrogens (tertiary/aromatic N) is 1. The summed E-state index contributed by atoms with van der Waals surface area (Å²) in [6.45, 7) is 1.90. The maximum absolute atomic E-state index is 5.67. The first-order valence-electron chi connectivity index (χ1n) is 3.50. The molecule has 1 aromatic rings. The van der Waals surface area contributed by atoms with Gasteiger partial charge in [-0.25, -0.2) is 4.98 Å². The molecule has 11 heavy (non-hydrogen) atoms. The lowest BCUT2D eigenvalue weighted by molar-refractivity contribution is 0.389. The third-order valence-electron chi connectivity index (χ3n) is 1.48. The molecule has 0 saturated carbocycles. The van der Waals surface area contributed by atoms with E-state index in [0.29, 0.717) is 5.88 Å². The third kappa shape index (κ3) is 1.68. The van der Waals surface area contributed by atoms with Crippen LogP contribution in [-0.2, 0) is 0 Å². The summed E-state index contributed by atoms with van der Waals surface area (Å²) >= 11 is 0. The summed E-state index contributed by atoms with van der Waals surface area (Å²) in [5.41, 5.74) is 6.61.